The van der Waals surface area contributed by atoms with Crippen LogP contribution in [0.2, 0.25) is 0 Å². The second kappa shape index (κ2) is 3.78. The van der Waals surface area contributed by atoms with E-state index in [-0.39, 0.29) is 17.1 Å². The third-order valence-corrected chi connectivity index (χ3v) is 4.30. The van der Waals surface area contributed by atoms with Crippen molar-refractivity contribution in [2.24, 2.45) is 0 Å². The third kappa shape index (κ3) is 1.62. The van der Waals surface area contributed by atoms with Crippen LogP contribution in [0, 0.1) is 13.8 Å². The average molecular weight is 256 g/mol. The Bertz CT molecular complexity index is 595. The summed E-state index contributed by atoms with van der Waals surface area (Å²) in [6.07, 6.45) is 0. The largest absolute Gasteiger partial charge is 0.394 e. The summed E-state index contributed by atoms with van der Waals surface area (Å²) < 4.78 is 24.7. The maximum Gasteiger partial charge on any atom is 0.285 e. The standard InChI is InChI=1S/C10H12N2O4S/c1-6-5-7(2)11-9-8(6)10(14)12(3-4-13)17(9,15)16/h5,13H,3-4H2,1-2H3. The highest BCUT2D eigenvalue weighted by molar-refractivity contribution is 7.90. The van der Waals surface area contributed by atoms with Gasteiger partial charge >= 0.3 is 0 Å². The number of rotatable bonds is 2. The van der Waals surface area contributed by atoms with Crippen molar-refractivity contribution in [1.29, 1.82) is 0 Å². The lowest BCUT2D eigenvalue weighted by Gasteiger charge is -2.12. The number of amides is 1. The second-order valence-electron chi connectivity index (χ2n) is 3.87. The van der Waals surface area contributed by atoms with Gasteiger partial charge in [-0.25, -0.2) is 9.29 Å². The molecule has 0 atom stereocenters. The molecule has 7 heteroatoms. The van der Waals surface area contributed by atoms with Gasteiger partial charge < -0.3 is 5.11 Å². The molecule has 1 amide bonds. The molecule has 0 bridgehead atoms. The molecule has 0 saturated carbocycles. The van der Waals surface area contributed by atoms with Crippen molar-refractivity contribution in [3.05, 3.63) is 22.9 Å². The molecule has 2 rings (SSSR count). The van der Waals surface area contributed by atoms with Crippen LogP contribution in [-0.2, 0) is 10.0 Å². The Morgan fingerprint density at radius 2 is 2.06 bits per heavy atom. The van der Waals surface area contributed by atoms with Gasteiger partial charge in [0.25, 0.3) is 15.9 Å². The number of carbonyl (C=O) groups is 1. The number of hydrogen-bond acceptors (Lipinski definition) is 5. The molecule has 0 saturated heterocycles. The van der Waals surface area contributed by atoms with E-state index in [4.69, 9.17) is 5.11 Å². The monoisotopic (exact) mass is 256 g/mol. The number of β-amino-alcohol motifs (C(OH)–C–C–N with tert-alkyl or cyclic N) is 1. The molecule has 92 valence electrons. The summed E-state index contributed by atoms with van der Waals surface area (Å²) in [5.41, 5.74) is 1.24. The third-order valence-electron chi connectivity index (χ3n) is 2.59. The normalized spacial score (nSPS) is 17.4. The molecule has 17 heavy (non-hydrogen) atoms. The smallest absolute Gasteiger partial charge is 0.285 e. The molecule has 6 nitrogen and oxygen atoms in total. The molecule has 0 aromatic carbocycles. The zero-order chi connectivity index (χ0) is 12.8. The Hall–Kier alpha value is -1.47. The SMILES string of the molecule is Cc1cc(C)c2c(n1)S(=O)(=O)N(CCO)C2=O. The zero-order valence-corrected chi connectivity index (χ0v) is 10.3. The van der Waals surface area contributed by atoms with E-state index in [9.17, 15) is 13.2 Å². The van der Waals surface area contributed by atoms with E-state index in [2.05, 4.69) is 4.98 Å². The molecule has 0 fully saturated rings. The molecule has 1 aliphatic rings. The average Bonchev–Trinajstić information content (AvgIpc) is 2.40. The minimum absolute atomic E-state index is 0.115. The summed E-state index contributed by atoms with van der Waals surface area (Å²) in [6, 6.07) is 1.66. The number of aliphatic hydroxyl groups excluding tert-OH is 1. The number of pyridine rings is 1. The fourth-order valence-electron chi connectivity index (χ4n) is 1.90. The molecule has 1 aromatic heterocycles. The van der Waals surface area contributed by atoms with Crippen molar-refractivity contribution < 1.29 is 18.3 Å². The zero-order valence-electron chi connectivity index (χ0n) is 9.47. The first kappa shape index (κ1) is 12.0. The van der Waals surface area contributed by atoms with Crippen LogP contribution in [0.5, 0.6) is 0 Å². The van der Waals surface area contributed by atoms with Gasteiger partial charge in [-0.3, -0.25) is 4.79 Å². The van der Waals surface area contributed by atoms with E-state index in [1.54, 1.807) is 19.9 Å². The van der Waals surface area contributed by atoms with Gasteiger partial charge in [-0.15, -0.1) is 0 Å². The molecule has 2 heterocycles. The summed E-state index contributed by atoms with van der Waals surface area (Å²) in [5.74, 6) is -0.612. The van der Waals surface area contributed by atoms with E-state index in [0.29, 0.717) is 15.6 Å². The minimum atomic E-state index is -3.89. The lowest BCUT2D eigenvalue weighted by Crippen LogP contribution is -2.32. The topological polar surface area (TPSA) is 87.6 Å². The highest BCUT2D eigenvalue weighted by Crippen LogP contribution is 2.30. The minimum Gasteiger partial charge on any atom is -0.394 e. The van der Waals surface area contributed by atoms with Crippen LogP contribution in [0.3, 0.4) is 0 Å². The molecule has 1 N–H and O–H groups in total. The number of hydrogen-bond donors (Lipinski definition) is 1. The van der Waals surface area contributed by atoms with Crippen molar-refractivity contribution in [1.82, 2.24) is 9.29 Å². The maximum atomic E-state index is 12.0. The number of fused-ring (bicyclic) bond motifs is 1. The Labute approximate surface area is 98.9 Å². The first-order valence-electron chi connectivity index (χ1n) is 5.05. The van der Waals surface area contributed by atoms with Crippen molar-refractivity contribution in [3.63, 3.8) is 0 Å². The van der Waals surface area contributed by atoms with Crippen LogP contribution in [-0.4, -0.2) is 41.9 Å². The lowest BCUT2D eigenvalue weighted by molar-refractivity contribution is 0.0851. The van der Waals surface area contributed by atoms with E-state index in [0.717, 1.165) is 0 Å². The number of aromatic nitrogens is 1. The number of carbonyl (C=O) groups excluding carboxylic acids is 1. The molecular formula is C10H12N2O4S. The van der Waals surface area contributed by atoms with Gasteiger partial charge in [0.05, 0.1) is 18.7 Å². The van der Waals surface area contributed by atoms with E-state index in [1.165, 1.54) is 0 Å². The van der Waals surface area contributed by atoms with Gasteiger partial charge in [-0.1, -0.05) is 0 Å². The summed E-state index contributed by atoms with van der Waals surface area (Å²) in [5, 5.41) is 8.60. The van der Waals surface area contributed by atoms with Crippen LogP contribution < -0.4 is 0 Å². The van der Waals surface area contributed by atoms with Crippen LogP contribution >= 0.6 is 0 Å². The molecule has 0 radical (unpaired) electrons. The fourth-order valence-corrected chi connectivity index (χ4v) is 3.51. The Morgan fingerprint density at radius 3 is 2.65 bits per heavy atom. The van der Waals surface area contributed by atoms with Crippen molar-refractivity contribution >= 4 is 15.9 Å². The van der Waals surface area contributed by atoms with Gasteiger partial charge in [-0.05, 0) is 25.5 Å². The number of sulfonamides is 1. The predicted molar refractivity (Wildman–Crippen MR) is 59.0 cm³/mol. The van der Waals surface area contributed by atoms with Crippen LogP contribution in [0.4, 0.5) is 0 Å². The van der Waals surface area contributed by atoms with Gasteiger partial charge in [0.2, 0.25) is 0 Å². The van der Waals surface area contributed by atoms with Crippen molar-refractivity contribution in [3.8, 4) is 0 Å². The molecular weight excluding hydrogens is 244 g/mol. The lowest BCUT2D eigenvalue weighted by atomic mass is 10.1. The first-order valence-corrected chi connectivity index (χ1v) is 6.49. The Morgan fingerprint density at radius 1 is 1.41 bits per heavy atom. The predicted octanol–water partition coefficient (Wildman–Crippen LogP) is -0.165. The van der Waals surface area contributed by atoms with Crippen LogP contribution in [0.15, 0.2) is 11.1 Å². The molecule has 0 unspecified atom stereocenters. The van der Waals surface area contributed by atoms with Crippen LogP contribution in [0.1, 0.15) is 21.6 Å². The summed E-state index contributed by atoms with van der Waals surface area (Å²) >= 11 is 0. The van der Waals surface area contributed by atoms with E-state index in [1.807, 2.05) is 0 Å². The fraction of sp³-hybridized carbons (Fsp3) is 0.400. The highest BCUT2D eigenvalue weighted by atomic mass is 32.2. The van der Waals surface area contributed by atoms with E-state index < -0.39 is 22.5 Å². The Kier molecular flexibility index (Phi) is 2.67. The van der Waals surface area contributed by atoms with Gasteiger partial charge in [0.15, 0.2) is 5.03 Å². The second-order valence-corrected chi connectivity index (χ2v) is 5.64. The summed E-state index contributed by atoms with van der Waals surface area (Å²) in [7, 11) is -3.89. The maximum absolute atomic E-state index is 12.0. The number of nitrogens with zero attached hydrogens (tertiary/aromatic N) is 2. The number of aliphatic hydroxyl groups is 1. The van der Waals surface area contributed by atoms with E-state index >= 15 is 0 Å². The molecule has 0 spiro atoms. The quantitative estimate of drug-likeness (QED) is 0.794. The molecule has 1 aliphatic heterocycles. The first-order chi connectivity index (χ1) is 7.89. The number of aryl methyl sites for hydroxylation is 2. The van der Waals surface area contributed by atoms with Gasteiger partial charge in [0, 0.05) is 5.69 Å². The molecule has 0 aliphatic carbocycles. The van der Waals surface area contributed by atoms with Crippen molar-refractivity contribution in [2.75, 3.05) is 13.2 Å². The van der Waals surface area contributed by atoms with Gasteiger partial charge in [-0.2, -0.15) is 8.42 Å². The molecule has 1 aromatic rings. The van der Waals surface area contributed by atoms with Crippen molar-refractivity contribution in [2.45, 2.75) is 18.9 Å². The van der Waals surface area contributed by atoms with Crippen LogP contribution in [0.25, 0.3) is 0 Å². The summed E-state index contributed by atoms with van der Waals surface area (Å²) in [4.78, 5) is 15.8. The Balaban J connectivity index is 2.71. The highest BCUT2D eigenvalue weighted by Gasteiger charge is 2.43. The van der Waals surface area contributed by atoms with Gasteiger partial charge in [0.1, 0.15) is 0 Å². The summed E-state index contributed by atoms with van der Waals surface area (Å²) in [6.45, 7) is 2.69.